The Balaban J connectivity index is 1.47. The number of nitrogens with one attached hydrogen (secondary N) is 1. The van der Waals surface area contributed by atoms with E-state index in [9.17, 15) is 4.79 Å². The van der Waals surface area contributed by atoms with E-state index in [-0.39, 0.29) is 5.91 Å². The fraction of sp³-hybridized carbons (Fsp3) is 0.0909. The van der Waals surface area contributed by atoms with Gasteiger partial charge in [0, 0.05) is 5.56 Å². The normalized spacial score (nSPS) is 10.7. The standard InChI is InChI=1S/C22H19N3O2/c1-16-6-4-7-17(12-16)14-27-19-9-5-8-18(13-19)22(26)24-25-15-23-20-10-2-3-11-21(20)25/h2-13,15H,14H2,1H3,(H,24,26). The van der Waals surface area contributed by atoms with Gasteiger partial charge in [-0.15, -0.1) is 0 Å². The minimum atomic E-state index is -0.223. The maximum atomic E-state index is 12.6. The SMILES string of the molecule is Cc1cccc(COc2cccc(C(=O)Nn3cnc4ccccc43)c2)c1. The van der Waals surface area contributed by atoms with Crippen LogP contribution in [0.25, 0.3) is 11.0 Å². The quantitative estimate of drug-likeness (QED) is 0.579. The molecule has 0 bridgehead atoms. The topological polar surface area (TPSA) is 56.1 Å². The number of carbonyl (C=O) groups excluding carboxylic acids is 1. The summed E-state index contributed by atoms with van der Waals surface area (Å²) in [5.41, 5.74) is 7.33. The fourth-order valence-corrected chi connectivity index (χ4v) is 2.92. The highest BCUT2D eigenvalue weighted by atomic mass is 16.5. The van der Waals surface area contributed by atoms with E-state index in [2.05, 4.69) is 16.5 Å². The van der Waals surface area contributed by atoms with E-state index in [1.165, 1.54) is 5.56 Å². The van der Waals surface area contributed by atoms with E-state index >= 15 is 0 Å². The number of benzene rings is 3. The molecule has 0 aliphatic rings. The lowest BCUT2D eigenvalue weighted by molar-refractivity contribution is 0.101. The molecule has 1 amide bonds. The lowest BCUT2D eigenvalue weighted by atomic mass is 10.1. The van der Waals surface area contributed by atoms with Crippen LogP contribution in [-0.2, 0) is 6.61 Å². The van der Waals surface area contributed by atoms with Gasteiger partial charge in [0.2, 0.25) is 0 Å². The molecule has 0 spiro atoms. The lowest BCUT2D eigenvalue weighted by Gasteiger charge is -2.10. The van der Waals surface area contributed by atoms with Crippen molar-refractivity contribution in [1.82, 2.24) is 9.66 Å². The highest BCUT2D eigenvalue weighted by Crippen LogP contribution is 2.17. The number of aryl methyl sites for hydroxylation is 1. The largest absolute Gasteiger partial charge is 0.489 e. The monoisotopic (exact) mass is 357 g/mol. The second-order valence-electron chi connectivity index (χ2n) is 6.35. The summed E-state index contributed by atoms with van der Waals surface area (Å²) in [6.45, 7) is 2.51. The van der Waals surface area contributed by atoms with Gasteiger partial charge in [-0.2, -0.15) is 0 Å². The fourth-order valence-electron chi connectivity index (χ4n) is 2.92. The molecular formula is C22H19N3O2. The molecule has 0 fully saturated rings. The number of aromatic nitrogens is 2. The number of hydrogen-bond acceptors (Lipinski definition) is 3. The second kappa shape index (κ2) is 7.33. The van der Waals surface area contributed by atoms with Gasteiger partial charge in [0.05, 0.1) is 11.0 Å². The van der Waals surface area contributed by atoms with Gasteiger partial charge in [-0.25, -0.2) is 9.66 Å². The van der Waals surface area contributed by atoms with Crippen LogP contribution in [0.3, 0.4) is 0 Å². The first kappa shape index (κ1) is 16.8. The van der Waals surface area contributed by atoms with Crippen molar-refractivity contribution in [3.05, 3.63) is 95.8 Å². The number of para-hydroxylation sites is 2. The number of nitrogens with zero attached hydrogens (tertiary/aromatic N) is 2. The predicted octanol–water partition coefficient (Wildman–Crippen LogP) is 4.31. The summed E-state index contributed by atoms with van der Waals surface area (Å²) in [5.74, 6) is 0.429. The van der Waals surface area contributed by atoms with E-state index < -0.39 is 0 Å². The summed E-state index contributed by atoms with van der Waals surface area (Å²) in [4.78, 5) is 16.9. The van der Waals surface area contributed by atoms with Gasteiger partial charge in [-0.3, -0.25) is 10.2 Å². The Labute approximate surface area is 157 Å². The molecule has 1 N–H and O–H groups in total. The molecular weight excluding hydrogens is 338 g/mol. The van der Waals surface area contributed by atoms with Crippen LogP contribution in [-0.4, -0.2) is 15.6 Å². The Hall–Kier alpha value is -3.60. The summed E-state index contributed by atoms with van der Waals surface area (Å²) in [7, 11) is 0. The number of rotatable bonds is 5. The molecule has 1 aromatic heterocycles. The number of amides is 1. The minimum absolute atomic E-state index is 0.223. The molecule has 27 heavy (non-hydrogen) atoms. The molecule has 134 valence electrons. The third-order valence-corrected chi connectivity index (χ3v) is 4.26. The van der Waals surface area contributed by atoms with Gasteiger partial charge in [0.15, 0.2) is 0 Å². The molecule has 0 saturated heterocycles. The molecule has 1 heterocycles. The van der Waals surface area contributed by atoms with Crippen LogP contribution in [0.2, 0.25) is 0 Å². The van der Waals surface area contributed by atoms with Crippen LogP contribution < -0.4 is 10.2 Å². The highest BCUT2D eigenvalue weighted by molar-refractivity contribution is 6.01. The molecule has 3 aromatic carbocycles. The molecule has 4 rings (SSSR count). The third kappa shape index (κ3) is 3.82. The molecule has 0 unspecified atom stereocenters. The van der Waals surface area contributed by atoms with Crippen LogP contribution in [0.15, 0.2) is 79.1 Å². The number of fused-ring (bicyclic) bond motifs is 1. The predicted molar refractivity (Wildman–Crippen MR) is 105 cm³/mol. The van der Waals surface area contributed by atoms with Gasteiger partial charge in [0.1, 0.15) is 18.7 Å². The van der Waals surface area contributed by atoms with Crippen LogP contribution >= 0.6 is 0 Å². The van der Waals surface area contributed by atoms with Crippen molar-refractivity contribution in [2.24, 2.45) is 0 Å². The minimum Gasteiger partial charge on any atom is -0.489 e. The Bertz CT molecular complexity index is 1100. The van der Waals surface area contributed by atoms with Crippen molar-refractivity contribution in [2.45, 2.75) is 13.5 Å². The summed E-state index contributed by atoms with van der Waals surface area (Å²) in [6.07, 6.45) is 1.60. The van der Waals surface area contributed by atoms with Crippen LogP contribution in [0, 0.1) is 6.92 Å². The van der Waals surface area contributed by atoms with Gasteiger partial charge in [-0.05, 0) is 42.8 Å². The van der Waals surface area contributed by atoms with Gasteiger partial charge >= 0.3 is 0 Å². The van der Waals surface area contributed by atoms with Gasteiger partial charge in [-0.1, -0.05) is 48.0 Å². The molecule has 0 aliphatic carbocycles. The van der Waals surface area contributed by atoms with Crippen molar-refractivity contribution in [2.75, 3.05) is 5.43 Å². The van der Waals surface area contributed by atoms with Crippen molar-refractivity contribution in [1.29, 1.82) is 0 Å². The Kier molecular flexibility index (Phi) is 4.58. The number of ether oxygens (including phenoxy) is 1. The third-order valence-electron chi connectivity index (χ3n) is 4.26. The summed E-state index contributed by atoms with van der Waals surface area (Å²) in [6, 6.07) is 22.9. The average molecular weight is 357 g/mol. The number of hydrogen-bond donors (Lipinski definition) is 1. The molecule has 0 radical (unpaired) electrons. The van der Waals surface area contributed by atoms with Gasteiger partial charge in [0.25, 0.3) is 5.91 Å². The van der Waals surface area contributed by atoms with Gasteiger partial charge < -0.3 is 4.74 Å². The van der Waals surface area contributed by atoms with E-state index in [0.717, 1.165) is 16.6 Å². The second-order valence-corrected chi connectivity index (χ2v) is 6.35. The first-order valence-corrected chi connectivity index (χ1v) is 8.71. The highest BCUT2D eigenvalue weighted by Gasteiger charge is 2.09. The molecule has 0 saturated carbocycles. The van der Waals surface area contributed by atoms with Crippen LogP contribution in [0.5, 0.6) is 5.75 Å². The Morgan fingerprint density at radius 3 is 2.78 bits per heavy atom. The first-order chi connectivity index (χ1) is 13.2. The van der Waals surface area contributed by atoms with E-state index in [1.54, 1.807) is 23.1 Å². The summed E-state index contributed by atoms with van der Waals surface area (Å²) < 4.78 is 7.47. The zero-order chi connectivity index (χ0) is 18.6. The zero-order valence-corrected chi connectivity index (χ0v) is 14.9. The van der Waals surface area contributed by atoms with E-state index in [1.807, 2.05) is 61.5 Å². The molecule has 0 aliphatic heterocycles. The Morgan fingerprint density at radius 2 is 1.89 bits per heavy atom. The Morgan fingerprint density at radius 1 is 1.04 bits per heavy atom. The first-order valence-electron chi connectivity index (χ1n) is 8.71. The molecule has 0 atom stereocenters. The summed E-state index contributed by atoms with van der Waals surface area (Å²) in [5, 5.41) is 0. The molecule has 5 heteroatoms. The number of carbonyl (C=O) groups is 1. The maximum Gasteiger partial charge on any atom is 0.270 e. The van der Waals surface area contributed by atoms with Crippen molar-refractivity contribution >= 4 is 16.9 Å². The van der Waals surface area contributed by atoms with Crippen molar-refractivity contribution < 1.29 is 9.53 Å². The smallest absolute Gasteiger partial charge is 0.270 e. The van der Waals surface area contributed by atoms with Crippen molar-refractivity contribution in [3.8, 4) is 5.75 Å². The van der Waals surface area contributed by atoms with E-state index in [0.29, 0.717) is 17.9 Å². The maximum absolute atomic E-state index is 12.6. The average Bonchev–Trinajstić information content (AvgIpc) is 3.10. The zero-order valence-electron chi connectivity index (χ0n) is 14.9. The van der Waals surface area contributed by atoms with Crippen LogP contribution in [0.4, 0.5) is 0 Å². The van der Waals surface area contributed by atoms with E-state index in [4.69, 9.17) is 4.74 Å². The molecule has 5 nitrogen and oxygen atoms in total. The van der Waals surface area contributed by atoms with Crippen LogP contribution in [0.1, 0.15) is 21.5 Å². The summed E-state index contributed by atoms with van der Waals surface area (Å²) >= 11 is 0. The molecule has 4 aromatic rings. The number of imidazole rings is 1. The lowest BCUT2D eigenvalue weighted by Crippen LogP contribution is -2.22. The van der Waals surface area contributed by atoms with Crippen molar-refractivity contribution in [3.63, 3.8) is 0 Å².